The van der Waals surface area contributed by atoms with Crippen molar-refractivity contribution in [3.63, 3.8) is 0 Å². The Morgan fingerprint density at radius 2 is 1.92 bits per heavy atom. The number of methoxy groups -OCH3 is 1. The lowest BCUT2D eigenvalue weighted by molar-refractivity contribution is 0.0600. The van der Waals surface area contributed by atoms with Gasteiger partial charge in [-0.3, -0.25) is 0 Å². The van der Waals surface area contributed by atoms with Crippen molar-refractivity contribution >= 4 is 33.2 Å². The molecule has 1 aliphatic rings. The third-order valence-electron chi connectivity index (χ3n) is 5.06. The second-order valence-electron chi connectivity index (χ2n) is 6.74. The quantitative estimate of drug-likeness (QED) is 0.480. The van der Waals surface area contributed by atoms with E-state index in [1.165, 1.54) is 49.7 Å². The molecule has 0 radical (unpaired) electrons. The Balaban J connectivity index is 1.87. The molecule has 26 heavy (non-hydrogen) atoms. The minimum absolute atomic E-state index is 0.0665. The maximum atomic E-state index is 11.6. The molecule has 0 aliphatic heterocycles. The summed E-state index contributed by atoms with van der Waals surface area (Å²) in [4.78, 5) is 13.0. The number of esters is 1. The first-order chi connectivity index (χ1) is 12.6. The van der Waals surface area contributed by atoms with Crippen molar-refractivity contribution < 1.29 is 14.3 Å². The number of rotatable bonds is 6. The molecule has 5 heteroatoms. The van der Waals surface area contributed by atoms with Crippen molar-refractivity contribution in [2.24, 2.45) is 5.92 Å². The second-order valence-corrected chi connectivity index (χ2v) is 9.25. The van der Waals surface area contributed by atoms with Crippen LogP contribution in [0.15, 0.2) is 34.1 Å². The van der Waals surface area contributed by atoms with Crippen LogP contribution in [-0.4, -0.2) is 13.1 Å². The molecule has 0 amide bonds. The first kappa shape index (κ1) is 19.4. The van der Waals surface area contributed by atoms with Gasteiger partial charge in [-0.25, -0.2) is 4.79 Å². The van der Waals surface area contributed by atoms with Crippen LogP contribution in [0.4, 0.5) is 0 Å². The molecule has 1 aromatic carbocycles. The third kappa shape index (κ3) is 4.49. The minimum Gasteiger partial charge on any atom is -0.485 e. The van der Waals surface area contributed by atoms with Crippen molar-refractivity contribution in [1.29, 1.82) is 0 Å². The maximum absolute atomic E-state index is 11.6. The Morgan fingerprint density at radius 1 is 1.23 bits per heavy atom. The van der Waals surface area contributed by atoms with Gasteiger partial charge in [-0.05, 0) is 65.5 Å². The lowest BCUT2D eigenvalue weighted by Gasteiger charge is -2.31. The number of hydrogen-bond donors (Lipinski definition) is 0. The van der Waals surface area contributed by atoms with E-state index in [0.29, 0.717) is 11.5 Å². The zero-order chi connectivity index (χ0) is 18.5. The van der Waals surface area contributed by atoms with Crippen molar-refractivity contribution in [3.8, 4) is 5.75 Å². The Hall–Kier alpha value is -1.33. The second kappa shape index (κ2) is 9.05. The van der Waals surface area contributed by atoms with Crippen molar-refractivity contribution in [2.75, 3.05) is 7.11 Å². The number of halogens is 1. The van der Waals surface area contributed by atoms with E-state index >= 15 is 0 Å². The van der Waals surface area contributed by atoms with Crippen LogP contribution >= 0.6 is 27.3 Å². The molecule has 0 spiro atoms. The molecular formula is C21H25BrO3S. The highest BCUT2D eigenvalue weighted by atomic mass is 79.9. The summed E-state index contributed by atoms with van der Waals surface area (Å²) in [6.07, 6.45) is 7.38. The smallest absolute Gasteiger partial charge is 0.337 e. The van der Waals surface area contributed by atoms with E-state index in [2.05, 4.69) is 28.9 Å². The molecule has 1 saturated carbocycles. The van der Waals surface area contributed by atoms with Crippen LogP contribution in [-0.2, 0) is 11.2 Å². The predicted molar refractivity (Wildman–Crippen MR) is 109 cm³/mol. The molecule has 1 aliphatic carbocycles. The monoisotopic (exact) mass is 436 g/mol. The van der Waals surface area contributed by atoms with Crippen LogP contribution in [0.1, 0.15) is 65.9 Å². The lowest BCUT2D eigenvalue weighted by Crippen LogP contribution is -2.22. The number of benzene rings is 1. The Morgan fingerprint density at radius 3 is 2.54 bits per heavy atom. The average molecular weight is 437 g/mol. The zero-order valence-corrected chi connectivity index (χ0v) is 17.7. The van der Waals surface area contributed by atoms with Crippen molar-refractivity contribution in [3.05, 3.63) is 50.1 Å². The molecule has 2 aromatic rings. The number of thiophene rings is 1. The highest BCUT2D eigenvalue weighted by Crippen LogP contribution is 2.42. The van der Waals surface area contributed by atoms with Crippen molar-refractivity contribution in [1.82, 2.24) is 0 Å². The summed E-state index contributed by atoms with van der Waals surface area (Å²) in [6, 6.07) is 9.50. The molecule has 1 fully saturated rings. The molecule has 0 saturated heterocycles. The van der Waals surface area contributed by atoms with Gasteiger partial charge in [-0.2, -0.15) is 0 Å². The summed E-state index contributed by atoms with van der Waals surface area (Å²) in [7, 11) is 1.40. The predicted octanol–water partition coefficient (Wildman–Crippen LogP) is 6.56. The van der Waals surface area contributed by atoms with E-state index < -0.39 is 0 Å². The molecule has 1 atom stereocenters. The normalized spacial score (nSPS) is 16.3. The van der Waals surface area contributed by atoms with Gasteiger partial charge in [0, 0.05) is 16.4 Å². The topological polar surface area (TPSA) is 35.5 Å². The summed E-state index contributed by atoms with van der Waals surface area (Å²) in [5.41, 5.74) is 1.86. The van der Waals surface area contributed by atoms with Gasteiger partial charge in [0.15, 0.2) is 0 Å². The van der Waals surface area contributed by atoms with Crippen LogP contribution in [0.25, 0.3) is 0 Å². The zero-order valence-electron chi connectivity index (χ0n) is 15.3. The Kier molecular flexibility index (Phi) is 6.76. The summed E-state index contributed by atoms with van der Waals surface area (Å²) in [5, 5.41) is 0. The fourth-order valence-corrected chi connectivity index (χ4v) is 5.40. The van der Waals surface area contributed by atoms with E-state index in [1.807, 2.05) is 12.1 Å². The van der Waals surface area contributed by atoms with Gasteiger partial charge < -0.3 is 9.47 Å². The van der Waals surface area contributed by atoms with Gasteiger partial charge >= 0.3 is 5.97 Å². The fraction of sp³-hybridized carbons (Fsp3) is 0.476. The highest BCUT2D eigenvalue weighted by Gasteiger charge is 2.29. The van der Waals surface area contributed by atoms with E-state index in [4.69, 9.17) is 9.47 Å². The fourth-order valence-electron chi connectivity index (χ4n) is 3.71. The summed E-state index contributed by atoms with van der Waals surface area (Å²) < 4.78 is 12.4. The lowest BCUT2D eigenvalue weighted by atomic mass is 9.82. The standard InChI is InChI=1S/C21H25BrO3S/c1-3-18-17(13-19(22)26-18)20(14-7-5-4-6-8-14)25-16-11-9-15(10-12-16)21(23)24-2/h9-14,20H,3-8H2,1-2H3. The van der Waals surface area contributed by atoms with Gasteiger partial charge in [-0.1, -0.05) is 26.2 Å². The van der Waals surface area contributed by atoms with E-state index in [1.54, 1.807) is 23.5 Å². The van der Waals surface area contributed by atoms with E-state index in [0.717, 1.165) is 16.0 Å². The van der Waals surface area contributed by atoms with Crippen LogP contribution in [0.5, 0.6) is 5.75 Å². The van der Waals surface area contributed by atoms with Crippen LogP contribution in [0, 0.1) is 5.92 Å². The number of carbonyl (C=O) groups excluding carboxylic acids is 1. The molecule has 3 nitrogen and oxygen atoms in total. The molecule has 140 valence electrons. The summed E-state index contributed by atoms with van der Waals surface area (Å²) in [5.74, 6) is 1.02. The van der Waals surface area contributed by atoms with Crippen LogP contribution < -0.4 is 4.74 Å². The third-order valence-corrected chi connectivity index (χ3v) is 6.85. The molecule has 1 heterocycles. The van der Waals surface area contributed by atoms with Gasteiger partial charge in [0.1, 0.15) is 11.9 Å². The first-order valence-electron chi connectivity index (χ1n) is 9.25. The SMILES string of the molecule is CCc1sc(Br)cc1C(Oc1ccc(C(=O)OC)cc1)C1CCCCC1. The molecule has 1 unspecified atom stereocenters. The first-order valence-corrected chi connectivity index (χ1v) is 10.9. The number of ether oxygens (including phenoxy) is 2. The molecule has 3 rings (SSSR count). The molecule has 0 bridgehead atoms. The van der Waals surface area contributed by atoms with Crippen LogP contribution in [0.2, 0.25) is 0 Å². The van der Waals surface area contributed by atoms with Gasteiger partial charge in [0.05, 0.1) is 16.5 Å². The largest absolute Gasteiger partial charge is 0.485 e. The van der Waals surface area contributed by atoms with Crippen LogP contribution in [0.3, 0.4) is 0 Å². The highest BCUT2D eigenvalue weighted by molar-refractivity contribution is 9.11. The maximum Gasteiger partial charge on any atom is 0.337 e. The molecular weight excluding hydrogens is 412 g/mol. The van der Waals surface area contributed by atoms with Gasteiger partial charge in [-0.15, -0.1) is 11.3 Å². The molecule has 0 N–H and O–H groups in total. The van der Waals surface area contributed by atoms with Gasteiger partial charge in [0.25, 0.3) is 0 Å². The number of carbonyl (C=O) groups is 1. The van der Waals surface area contributed by atoms with Gasteiger partial charge in [0.2, 0.25) is 0 Å². The number of hydrogen-bond acceptors (Lipinski definition) is 4. The minimum atomic E-state index is -0.324. The Bertz CT molecular complexity index is 732. The molecule has 1 aromatic heterocycles. The van der Waals surface area contributed by atoms with E-state index in [9.17, 15) is 4.79 Å². The average Bonchev–Trinajstić information content (AvgIpc) is 3.07. The van der Waals surface area contributed by atoms with E-state index in [-0.39, 0.29) is 12.1 Å². The number of aryl methyl sites for hydroxylation is 1. The summed E-state index contributed by atoms with van der Waals surface area (Å²) in [6.45, 7) is 2.20. The summed E-state index contributed by atoms with van der Waals surface area (Å²) >= 11 is 5.45. The van der Waals surface area contributed by atoms with Crippen molar-refractivity contribution in [2.45, 2.75) is 51.6 Å². The Labute approximate surface area is 167 Å².